The second kappa shape index (κ2) is 8.99. The Morgan fingerprint density at radius 3 is 1.22 bits per heavy atom. The molecule has 4 rings (SSSR count). The van der Waals surface area contributed by atoms with E-state index in [1.54, 1.807) is 36.4 Å². The molecule has 0 fully saturated rings. The smallest absolute Gasteiger partial charge is 0.545 e. The Bertz CT molecular complexity index is 1010. The van der Waals surface area contributed by atoms with Crippen molar-refractivity contribution in [2.24, 2.45) is 0 Å². The van der Waals surface area contributed by atoms with Crippen molar-refractivity contribution in [1.29, 1.82) is 0 Å². The summed E-state index contributed by atoms with van der Waals surface area (Å²) in [6, 6.07) is 25.0. The van der Waals surface area contributed by atoms with Crippen molar-refractivity contribution in [3.8, 4) is 0 Å². The van der Waals surface area contributed by atoms with Crippen LogP contribution in [0.2, 0.25) is 0 Å². The molecule has 0 bridgehead atoms. The van der Waals surface area contributed by atoms with Crippen LogP contribution in [0.25, 0.3) is 21.5 Å². The molecular formula is C22H14MnO4. The van der Waals surface area contributed by atoms with Crippen LogP contribution in [0.1, 0.15) is 20.7 Å². The van der Waals surface area contributed by atoms with Gasteiger partial charge in [-0.05, 0) is 21.5 Å². The van der Waals surface area contributed by atoms with E-state index in [0.29, 0.717) is 0 Å². The minimum absolute atomic E-state index is 0. The molecule has 0 spiro atoms. The van der Waals surface area contributed by atoms with E-state index < -0.39 is 11.9 Å². The average Bonchev–Trinajstić information content (AvgIpc) is 2.67. The molecule has 0 aliphatic carbocycles. The monoisotopic (exact) mass is 397 g/mol. The quantitative estimate of drug-likeness (QED) is 0.487. The first-order valence-electron chi connectivity index (χ1n) is 7.96. The van der Waals surface area contributed by atoms with E-state index in [-0.39, 0.29) is 28.2 Å². The maximum absolute atomic E-state index is 10.7. The molecule has 0 aromatic heterocycles. The van der Waals surface area contributed by atoms with E-state index >= 15 is 0 Å². The summed E-state index contributed by atoms with van der Waals surface area (Å²) in [5.74, 6) is -2.26. The largest absolute Gasteiger partial charge is 2.00 e. The number of aromatic carboxylic acids is 2. The Labute approximate surface area is 166 Å². The normalized spacial score (nSPS) is 9.78. The Morgan fingerprint density at radius 2 is 0.852 bits per heavy atom. The minimum Gasteiger partial charge on any atom is -0.545 e. The van der Waals surface area contributed by atoms with Crippen molar-refractivity contribution >= 4 is 33.5 Å². The van der Waals surface area contributed by atoms with Crippen molar-refractivity contribution in [2.75, 3.05) is 0 Å². The number of carbonyl (C=O) groups excluding carboxylic acids is 2. The van der Waals surface area contributed by atoms with Crippen molar-refractivity contribution < 1.29 is 36.9 Å². The van der Waals surface area contributed by atoms with Crippen LogP contribution in [0.4, 0.5) is 0 Å². The topological polar surface area (TPSA) is 80.3 Å². The maximum Gasteiger partial charge on any atom is 2.00 e. The number of carboxylic acids is 2. The fraction of sp³-hybridized carbons (Fsp3) is 0. The molecule has 0 N–H and O–H groups in total. The van der Waals surface area contributed by atoms with Crippen LogP contribution < -0.4 is 10.2 Å². The van der Waals surface area contributed by atoms with Gasteiger partial charge in [-0.2, -0.15) is 0 Å². The fourth-order valence-corrected chi connectivity index (χ4v) is 2.81. The third kappa shape index (κ3) is 4.53. The van der Waals surface area contributed by atoms with Gasteiger partial charge in [0.2, 0.25) is 0 Å². The molecular weight excluding hydrogens is 383 g/mol. The summed E-state index contributed by atoms with van der Waals surface area (Å²) in [5.41, 5.74) is 0.496. The summed E-state index contributed by atoms with van der Waals surface area (Å²) in [7, 11) is 0. The minimum atomic E-state index is -1.13. The molecule has 0 heterocycles. The molecule has 4 aromatic carbocycles. The van der Waals surface area contributed by atoms with Crippen LogP contribution in [0.5, 0.6) is 0 Å². The van der Waals surface area contributed by atoms with Gasteiger partial charge in [0, 0.05) is 11.1 Å². The van der Waals surface area contributed by atoms with Crippen molar-refractivity contribution in [1.82, 2.24) is 0 Å². The van der Waals surface area contributed by atoms with Crippen LogP contribution in [0, 0.1) is 0 Å². The zero-order chi connectivity index (χ0) is 18.5. The summed E-state index contributed by atoms with van der Waals surface area (Å²) in [5, 5.41) is 24.7. The molecule has 133 valence electrons. The zero-order valence-corrected chi connectivity index (χ0v) is 15.3. The van der Waals surface area contributed by atoms with Crippen LogP contribution in [-0.2, 0) is 17.1 Å². The van der Waals surface area contributed by atoms with E-state index in [1.165, 1.54) is 0 Å². The molecule has 27 heavy (non-hydrogen) atoms. The number of hydrogen-bond donors (Lipinski definition) is 0. The molecule has 4 aromatic rings. The van der Waals surface area contributed by atoms with Gasteiger partial charge < -0.3 is 19.8 Å². The Hall–Kier alpha value is -3.14. The number of rotatable bonds is 2. The summed E-state index contributed by atoms with van der Waals surface area (Å²) >= 11 is 0. The van der Waals surface area contributed by atoms with Gasteiger partial charge in [0.25, 0.3) is 0 Å². The van der Waals surface area contributed by atoms with E-state index in [0.717, 1.165) is 21.5 Å². The van der Waals surface area contributed by atoms with Crippen molar-refractivity contribution in [3.05, 3.63) is 96.1 Å². The van der Waals surface area contributed by atoms with Crippen molar-refractivity contribution in [3.63, 3.8) is 0 Å². The third-order valence-corrected chi connectivity index (χ3v) is 4.02. The molecule has 0 unspecified atom stereocenters. The van der Waals surface area contributed by atoms with Gasteiger partial charge in [-0.1, -0.05) is 84.9 Å². The molecule has 0 amide bonds. The number of carbonyl (C=O) groups is 2. The molecule has 0 aliphatic heterocycles. The van der Waals surface area contributed by atoms with Gasteiger partial charge in [-0.3, -0.25) is 0 Å². The predicted octanol–water partition coefficient (Wildman–Crippen LogP) is 2.40. The maximum atomic E-state index is 10.7. The standard InChI is InChI=1S/2C11H8O2.Mn/c2*12-11(13)10-7-3-5-8-4-1-2-6-9(8)10;/h2*1-7H,(H,12,13);/q;;+2/p-2. The Kier molecular flexibility index (Phi) is 6.72. The first kappa shape index (κ1) is 20.2. The Morgan fingerprint density at radius 1 is 0.519 bits per heavy atom. The van der Waals surface area contributed by atoms with E-state index in [4.69, 9.17) is 0 Å². The molecule has 0 atom stereocenters. The summed E-state index contributed by atoms with van der Waals surface area (Å²) in [6.45, 7) is 0. The predicted molar refractivity (Wildman–Crippen MR) is 96.6 cm³/mol. The van der Waals surface area contributed by atoms with Crippen LogP contribution in [0.15, 0.2) is 84.9 Å². The number of hydrogen-bond acceptors (Lipinski definition) is 4. The van der Waals surface area contributed by atoms with E-state index in [9.17, 15) is 19.8 Å². The van der Waals surface area contributed by atoms with E-state index in [1.807, 2.05) is 48.5 Å². The molecule has 1 radical (unpaired) electrons. The first-order chi connectivity index (χ1) is 12.6. The van der Waals surface area contributed by atoms with Crippen LogP contribution in [0.3, 0.4) is 0 Å². The molecule has 5 heteroatoms. The number of fused-ring (bicyclic) bond motifs is 2. The van der Waals surface area contributed by atoms with Gasteiger partial charge in [-0.25, -0.2) is 0 Å². The summed E-state index contributed by atoms with van der Waals surface area (Å²) in [4.78, 5) is 21.4. The van der Waals surface area contributed by atoms with Gasteiger partial charge in [0.05, 0.1) is 11.9 Å². The van der Waals surface area contributed by atoms with Gasteiger partial charge in [0.1, 0.15) is 0 Å². The number of carboxylic acid groups (broad SMARTS) is 2. The second-order valence-corrected chi connectivity index (χ2v) is 5.63. The summed E-state index contributed by atoms with van der Waals surface area (Å²) in [6.07, 6.45) is 0. The molecule has 0 saturated heterocycles. The SMILES string of the molecule is O=C([O-])c1cccc2ccccc12.O=C([O-])c1cccc2ccccc12.[Mn+2]. The molecule has 0 aliphatic rings. The van der Waals surface area contributed by atoms with Crippen LogP contribution >= 0.6 is 0 Å². The van der Waals surface area contributed by atoms with Gasteiger partial charge in [-0.15, -0.1) is 0 Å². The van der Waals surface area contributed by atoms with Crippen molar-refractivity contribution in [2.45, 2.75) is 0 Å². The Balaban J connectivity index is 0.000000187. The van der Waals surface area contributed by atoms with Crippen LogP contribution in [-0.4, -0.2) is 11.9 Å². The zero-order valence-electron chi connectivity index (χ0n) is 14.1. The average molecular weight is 397 g/mol. The van der Waals surface area contributed by atoms with Gasteiger partial charge >= 0.3 is 17.1 Å². The molecule has 0 saturated carbocycles. The summed E-state index contributed by atoms with van der Waals surface area (Å²) < 4.78 is 0. The molecule has 4 nitrogen and oxygen atoms in total. The van der Waals surface area contributed by atoms with E-state index in [2.05, 4.69) is 0 Å². The fourth-order valence-electron chi connectivity index (χ4n) is 2.81. The van der Waals surface area contributed by atoms with Gasteiger partial charge in [0.15, 0.2) is 0 Å². The first-order valence-corrected chi connectivity index (χ1v) is 7.96. The second-order valence-electron chi connectivity index (χ2n) is 5.63. The third-order valence-electron chi connectivity index (χ3n) is 4.02. The number of benzene rings is 4.